The van der Waals surface area contributed by atoms with Crippen LogP contribution in [0.25, 0.3) is 11.1 Å². The minimum absolute atomic E-state index is 0.321. The molecule has 0 heterocycles. The first-order valence-electron chi connectivity index (χ1n) is 8.11. The van der Waals surface area contributed by atoms with Crippen LogP contribution < -0.4 is 9.47 Å². The second-order valence-corrected chi connectivity index (χ2v) is 5.66. The second-order valence-electron chi connectivity index (χ2n) is 5.66. The summed E-state index contributed by atoms with van der Waals surface area (Å²) in [5.74, 6) is 1.56. The van der Waals surface area contributed by atoms with Gasteiger partial charge in [-0.15, -0.1) is 0 Å². The zero-order valence-corrected chi connectivity index (χ0v) is 14.1. The molecule has 0 saturated carbocycles. The van der Waals surface area contributed by atoms with Crippen molar-refractivity contribution in [3.05, 3.63) is 83.9 Å². The van der Waals surface area contributed by atoms with E-state index in [2.05, 4.69) is 6.07 Å². The van der Waals surface area contributed by atoms with Gasteiger partial charge in [-0.2, -0.15) is 5.26 Å². The van der Waals surface area contributed by atoms with Crippen molar-refractivity contribution in [2.24, 2.45) is 0 Å². The van der Waals surface area contributed by atoms with Crippen LogP contribution in [0.15, 0.2) is 72.8 Å². The molecule has 0 aromatic heterocycles. The normalized spacial score (nSPS) is 10.1. The molecular weight excluding hydrogens is 310 g/mol. The van der Waals surface area contributed by atoms with Crippen molar-refractivity contribution in [1.29, 1.82) is 5.26 Å². The Bertz CT molecular complexity index is 882. The average molecular weight is 329 g/mol. The van der Waals surface area contributed by atoms with E-state index in [1.165, 1.54) is 0 Å². The second kappa shape index (κ2) is 8.03. The lowest BCUT2D eigenvalue weighted by Crippen LogP contribution is -1.95. The lowest BCUT2D eigenvalue weighted by atomic mass is 10.0. The van der Waals surface area contributed by atoms with Crippen molar-refractivity contribution >= 4 is 0 Å². The molecule has 0 aliphatic heterocycles. The molecule has 25 heavy (non-hydrogen) atoms. The number of hydrogen-bond acceptors (Lipinski definition) is 3. The average Bonchev–Trinajstić information content (AvgIpc) is 2.68. The largest absolute Gasteiger partial charge is 0.496 e. The number of methoxy groups -OCH3 is 1. The molecule has 3 heteroatoms. The minimum Gasteiger partial charge on any atom is -0.496 e. The summed E-state index contributed by atoms with van der Waals surface area (Å²) < 4.78 is 11.2. The number of benzene rings is 3. The predicted molar refractivity (Wildman–Crippen MR) is 98.5 cm³/mol. The van der Waals surface area contributed by atoms with Crippen LogP contribution in [-0.4, -0.2) is 7.11 Å². The van der Waals surface area contributed by atoms with Crippen LogP contribution in [0.4, 0.5) is 0 Å². The Morgan fingerprint density at radius 2 is 1.68 bits per heavy atom. The third-order valence-electron chi connectivity index (χ3n) is 3.97. The Morgan fingerprint density at radius 1 is 0.880 bits per heavy atom. The maximum absolute atomic E-state index is 9.00. The number of hydrogen-bond donors (Lipinski definition) is 0. The van der Waals surface area contributed by atoms with Crippen molar-refractivity contribution in [2.75, 3.05) is 7.11 Å². The van der Waals surface area contributed by atoms with Crippen molar-refractivity contribution in [1.82, 2.24) is 0 Å². The topological polar surface area (TPSA) is 42.2 Å². The van der Waals surface area contributed by atoms with Gasteiger partial charge in [0.2, 0.25) is 0 Å². The van der Waals surface area contributed by atoms with Crippen LogP contribution in [-0.2, 0) is 13.0 Å². The summed E-state index contributed by atoms with van der Waals surface area (Å²) in [6.45, 7) is 0.534. The third-order valence-corrected chi connectivity index (χ3v) is 3.97. The molecule has 3 aromatic rings. The van der Waals surface area contributed by atoms with Crippen LogP contribution >= 0.6 is 0 Å². The summed E-state index contributed by atoms with van der Waals surface area (Å²) in [4.78, 5) is 0. The fraction of sp³-hybridized carbons (Fsp3) is 0.136. The molecule has 0 saturated heterocycles. The smallest absolute Gasteiger partial charge is 0.123 e. The molecule has 0 amide bonds. The monoisotopic (exact) mass is 329 g/mol. The Morgan fingerprint density at radius 3 is 2.44 bits per heavy atom. The standard InChI is InChI=1S/C22H19NO2/c1-24-22-11-10-19(14-20(22)12-13-23)18-8-5-9-21(15-18)25-16-17-6-3-2-4-7-17/h2-11,14-15H,12,16H2,1H3. The molecule has 3 aromatic carbocycles. The van der Waals surface area contributed by atoms with Gasteiger partial charge in [0.15, 0.2) is 0 Å². The summed E-state index contributed by atoms with van der Waals surface area (Å²) >= 11 is 0. The minimum atomic E-state index is 0.321. The molecule has 0 bridgehead atoms. The summed E-state index contributed by atoms with van der Waals surface area (Å²) in [5, 5.41) is 9.00. The fourth-order valence-corrected chi connectivity index (χ4v) is 2.69. The van der Waals surface area contributed by atoms with E-state index < -0.39 is 0 Å². The quantitative estimate of drug-likeness (QED) is 0.638. The lowest BCUT2D eigenvalue weighted by Gasteiger charge is -2.11. The van der Waals surface area contributed by atoms with Crippen LogP contribution in [0.5, 0.6) is 11.5 Å². The van der Waals surface area contributed by atoms with E-state index in [1.807, 2.05) is 72.8 Å². The molecule has 3 nitrogen and oxygen atoms in total. The maximum atomic E-state index is 9.00. The number of nitrogens with zero attached hydrogens (tertiary/aromatic N) is 1. The van der Waals surface area contributed by atoms with Gasteiger partial charge >= 0.3 is 0 Å². The Kier molecular flexibility index (Phi) is 5.33. The molecular formula is C22H19NO2. The van der Waals surface area contributed by atoms with Crippen molar-refractivity contribution in [3.8, 4) is 28.7 Å². The molecule has 3 rings (SSSR count). The molecule has 0 spiro atoms. The summed E-state index contributed by atoms with van der Waals surface area (Å²) in [6.07, 6.45) is 0.321. The van der Waals surface area contributed by atoms with Crippen molar-refractivity contribution in [3.63, 3.8) is 0 Å². The zero-order valence-electron chi connectivity index (χ0n) is 14.1. The Labute approximate surface area is 148 Å². The van der Waals surface area contributed by atoms with Crippen LogP contribution in [0, 0.1) is 11.3 Å². The van der Waals surface area contributed by atoms with Gasteiger partial charge in [-0.25, -0.2) is 0 Å². The molecule has 0 aliphatic carbocycles. The highest BCUT2D eigenvalue weighted by Crippen LogP contribution is 2.29. The fourth-order valence-electron chi connectivity index (χ4n) is 2.69. The molecule has 0 N–H and O–H groups in total. The lowest BCUT2D eigenvalue weighted by molar-refractivity contribution is 0.306. The Hall–Kier alpha value is -3.25. The van der Waals surface area contributed by atoms with Gasteiger partial charge < -0.3 is 9.47 Å². The van der Waals surface area contributed by atoms with Gasteiger partial charge in [0, 0.05) is 5.56 Å². The van der Waals surface area contributed by atoms with Gasteiger partial charge in [-0.3, -0.25) is 0 Å². The highest BCUT2D eigenvalue weighted by atomic mass is 16.5. The van der Waals surface area contributed by atoms with Crippen LogP contribution in [0.1, 0.15) is 11.1 Å². The summed E-state index contributed by atoms with van der Waals surface area (Å²) in [7, 11) is 1.62. The summed E-state index contributed by atoms with van der Waals surface area (Å²) in [5.41, 5.74) is 4.11. The summed E-state index contributed by atoms with van der Waals surface area (Å²) in [6, 6.07) is 26.1. The van der Waals surface area contributed by atoms with Crippen LogP contribution in [0.3, 0.4) is 0 Å². The number of nitriles is 1. The van der Waals surface area contributed by atoms with E-state index in [1.54, 1.807) is 7.11 Å². The van der Waals surface area contributed by atoms with E-state index in [4.69, 9.17) is 14.7 Å². The first kappa shape index (κ1) is 16.6. The van der Waals surface area contributed by atoms with Gasteiger partial charge in [0.1, 0.15) is 18.1 Å². The highest BCUT2D eigenvalue weighted by molar-refractivity contribution is 5.67. The van der Waals surface area contributed by atoms with Crippen molar-refractivity contribution < 1.29 is 9.47 Å². The molecule has 0 atom stereocenters. The first-order chi connectivity index (χ1) is 12.3. The van der Waals surface area contributed by atoms with Gasteiger partial charge in [-0.05, 0) is 41.0 Å². The Balaban J connectivity index is 1.81. The van der Waals surface area contributed by atoms with Crippen LogP contribution in [0.2, 0.25) is 0 Å². The van der Waals surface area contributed by atoms with Gasteiger partial charge in [0.25, 0.3) is 0 Å². The molecule has 0 fully saturated rings. The number of ether oxygens (including phenoxy) is 2. The van der Waals surface area contributed by atoms with Crippen molar-refractivity contribution in [2.45, 2.75) is 13.0 Å². The molecule has 0 aliphatic rings. The molecule has 0 unspecified atom stereocenters. The van der Waals surface area contributed by atoms with Gasteiger partial charge in [-0.1, -0.05) is 48.5 Å². The SMILES string of the molecule is COc1ccc(-c2cccc(OCc3ccccc3)c2)cc1CC#N. The predicted octanol–water partition coefficient (Wildman–Crippen LogP) is 5.01. The molecule has 124 valence electrons. The maximum Gasteiger partial charge on any atom is 0.123 e. The van der Waals surface area contributed by atoms with E-state index >= 15 is 0 Å². The van der Waals surface area contributed by atoms with E-state index in [0.29, 0.717) is 13.0 Å². The number of rotatable bonds is 6. The molecule has 0 radical (unpaired) electrons. The van der Waals surface area contributed by atoms with Gasteiger partial charge in [0.05, 0.1) is 19.6 Å². The van der Waals surface area contributed by atoms with E-state index in [9.17, 15) is 0 Å². The highest BCUT2D eigenvalue weighted by Gasteiger charge is 2.07. The van der Waals surface area contributed by atoms with E-state index in [0.717, 1.165) is 33.8 Å². The first-order valence-corrected chi connectivity index (χ1v) is 8.11. The van der Waals surface area contributed by atoms with E-state index in [-0.39, 0.29) is 0 Å². The zero-order chi connectivity index (χ0) is 17.5. The third kappa shape index (κ3) is 4.19.